The molecule has 0 fully saturated rings. The van der Waals surface area contributed by atoms with Gasteiger partial charge in [0.2, 0.25) is 0 Å². The Morgan fingerprint density at radius 3 is 2.81 bits per heavy atom. The number of phenols is 1. The maximum atomic E-state index is 12.3. The first-order valence-corrected chi connectivity index (χ1v) is 7.05. The molecule has 0 atom stereocenters. The summed E-state index contributed by atoms with van der Waals surface area (Å²) >= 11 is 0. The number of aryl methyl sites for hydroxylation is 2. The van der Waals surface area contributed by atoms with E-state index in [1.807, 2.05) is 32.1 Å². The van der Waals surface area contributed by atoms with E-state index < -0.39 is 0 Å². The average Bonchev–Trinajstić information content (AvgIpc) is 2.83. The van der Waals surface area contributed by atoms with Crippen molar-refractivity contribution >= 4 is 33.7 Å². The fraction of sp³-hybridized carbons (Fsp3) is 0.167. The van der Waals surface area contributed by atoms with Crippen LogP contribution in [0.5, 0.6) is 5.75 Å². The van der Waals surface area contributed by atoms with Gasteiger partial charge in [-0.3, -0.25) is 4.79 Å². The number of phenolic OH excluding ortho intramolecular Hbond substituents is 1. The smallest absolute Gasteiger partial charge is 0.167 e. The lowest BCUT2D eigenvalue weighted by Gasteiger charge is -2.16. The van der Waals surface area contributed by atoms with Gasteiger partial charge in [-0.15, -0.1) is 0 Å². The van der Waals surface area contributed by atoms with Crippen molar-refractivity contribution in [2.24, 2.45) is 0 Å². The van der Waals surface area contributed by atoms with Crippen LogP contribution in [0.3, 0.4) is 0 Å². The number of rotatable bonds is 0. The van der Waals surface area contributed by atoms with Gasteiger partial charge in [-0.1, -0.05) is 12.2 Å². The SMILES string of the molecule is Cc1c2c(c(C)c3c1[nH]c1ccc(O)cc13)C(=O)CC=C2. The number of aromatic hydroxyl groups is 1. The number of aromatic amines is 1. The number of hydrogen-bond donors (Lipinski definition) is 2. The van der Waals surface area contributed by atoms with Crippen molar-refractivity contribution in [3.63, 3.8) is 0 Å². The summed E-state index contributed by atoms with van der Waals surface area (Å²) in [6.45, 7) is 4.04. The van der Waals surface area contributed by atoms with E-state index in [1.165, 1.54) is 0 Å². The second-order valence-corrected chi connectivity index (χ2v) is 5.67. The van der Waals surface area contributed by atoms with E-state index in [1.54, 1.807) is 12.1 Å². The number of aromatic nitrogens is 1. The van der Waals surface area contributed by atoms with Crippen molar-refractivity contribution in [2.75, 3.05) is 0 Å². The molecule has 1 heterocycles. The van der Waals surface area contributed by atoms with Crippen molar-refractivity contribution in [3.8, 4) is 5.75 Å². The van der Waals surface area contributed by atoms with Gasteiger partial charge in [0.1, 0.15) is 5.75 Å². The monoisotopic (exact) mass is 277 g/mol. The highest BCUT2D eigenvalue weighted by Gasteiger charge is 2.22. The summed E-state index contributed by atoms with van der Waals surface area (Å²) in [7, 11) is 0. The van der Waals surface area contributed by atoms with Crippen LogP contribution in [0, 0.1) is 13.8 Å². The Morgan fingerprint density at radius 2 is 2.00 bits per heavy atom. The molecule has 3 aromatic rings. The Bertz CT molecular complexity index is 961. The van der Waals surface area contributed by atoms with Crippen molar-refractivity contribution < 1.29 is 9.90 Å². The summed E-state index contributed by atoms with van der Waals surface area (Å²) in [5.74, 6) is 0.411. The van der Waals surface area contributed by atoms with Gasteiger partial charge in [-0.05, 0) is 48.7 Å². The molecule has 3 nitrogen and oxygen atoms in total. The lowest BCUT2D eigenvalue weighted by Crippen LogP contribution is -2.09. The largest absolute Gasteiger partial charge is 0.508 e. The predicted octanol–water partition coefficient (Wildman–Crippen LogP) is 4.24. The Hall–Kier alpha value is -2.55. The summed E-state index contributed by atoms with van der Waals surface area (Å²) in [6.07, 6.45) is 4.44. The molecule has 3 heteroatoms. The third-order valence-corrected chi connectivity index (χ3v) is 4.45. The number of Topliss-reactive ketones (excluding diaryl/α,β-unsaturated/α-hetero) is 1. The van der Waals surface area contributed by atoms with Crippen molar-refractivity contribution in [2.45, 2.75) is 20.3 Å². The molecule has 1 aromatic heterocycles. The molecular formula is C18H15NO2. The molecule has 0 unspecified atom stereocenters. The number of benzene rings is 2. The molecular weight excluding hydrogens is 262 g/mol. The van der Waals surface area contributed by atoms with E-state index in [-0.39, 0.29) is 11.5 Å². The van der Waals surface area contributed by atoms with Crippen LogP contribution < -0.4 is 0 Å². The van der Waals surface area contributed by atoms with E-state index in [9.17, 15) is 9.90 Å². The van der Waals surface area contributed by atoms with Crippen molar-refractivity contribution in [1.82, 2.24) is 4.98 Å². The minimum absolute atomic E-state index is 0.171. The molecule has 0 aliphatic heterocycles. The van der Waals surface area contributed by atoms with E-state index in [4.69, 9.17) is 0 Å². The molecule has 2 N–H and O–H groups in total. The first-order chi connectivity index (χ1) is 10.1. The second-order valence-electron chi connectivity index (χ2n) is 5.67. The van der Waals surface area contributed by atoms with Gasteiger partial charge in [0.05, 0.1) is 5.52 Å². The average molecular weight is 277 g/mol. The number of fused-ring (bicyclic) bond motifs is 4. The van der Waals surface area contributed by atoms with Crippen LogP contribution in [-0.4, -0.2) is 15.9 Å². The molecule has 1 aliphatic rings. The van der Waals surface area contributed by atoms with Gasteiger partial charge in [-0.2, -0.15) is 0 Å². The van der Waals surface area contributed by atoms with Gasteiger partial charge in [0, 0.05) is 28.3 Å². The number of hydrogen-bond acceptors (Lipinski definition) is 2. The molecule has 4 rings (SSSR count). The zero-order chi connectivity index (χ0) is 14.7. The Morgan fingerprint density at radius 1 is 1.19 bits per heavy atom. The third kappa shape index (κ3) is 1.51. The quantitative estimate of drug-likeness (QED) is 0.645. The minimum Gasteiger partial charge on any atom is -0.508 e. The summed E-state index contributed by atoms with van der Waals surface area (Å²) in [4.78, 5) is 15.7. The van der Waals surface area contributed by atoms with Crippen LogP contribution in [0.15, 0.2) is 24.3 Å². The number of ketones is 1. The van der Waals surface area contributed by atoms with E-state index in [0.717, 1.165) is 44.1 Å². The lowest BCUT2D eigenvalue weighted by atomic mass is 9.86. The molecule has 0 amide bonds. The first kappa shape index (κ1) is 12.2. The molecule has 2 aromatic carbocycles. The van der Waals surface area contributed by atoms with Gasteiger partial charge in [0.15, 0.2) is 5.78 Å². The van der Waals surface area contributed by atoms with E-state index >= 15 is 0 Å². The fourth-order valence-electron chi connectivity index (χ4n) is 3.45. The summed E-state index contributed by atoms with van der Waals surface area (Å²) in [5.41, 5.74) is 5.96. The number of H-pyrrole nitrogens is 1. The van der Waals surface area contributed by atoms with E-state index in [2.05, 4.69) is 4.98 Å². The van der Waals surface area contributed by atoms with Crippen LogP contribution in [0.25, 0.3) is 27.9 Å². The van der Waals surface area contributed by atoms with Crippen LogP contribution in [0.1, 0.15) is 33.5 Å². The molecule has 0 radical (unpaired) electrons. The fourth-order valence-corrected chi connectivity index (χ4v) is 3.45. The molecule has 0 saturated heterocycles. The zero-order valence-electron chi connectivity index (χ0n) is 11.9. The second kappa shape index (κ2) is 3.98. The van der Waals surface area contributed by atoms with Crippen molar-refractivity contribution in [3.05, 3.63) is 46.5 Å². The Labute approximate surface area is 121 Å². The predicted molar refractivity (Wildman–Crippen MR) is 84.9 cm³/mol. The van der Waals surface area contributed by atoms with Gasteiger partial charge >= 0.3 is 0 Å². The van der Waals surface area contributed by atoms with Crippen molar-refractivity contribution in [1.29, 1.82) is 0 Å². The lowest BCUT2D eigenvalue weighted by molar-refractivity contribution is 0.0994. The standard InChI is InChI=1S/C18H15NO2/c1-9-12-4-3-5-15(21)16(12)10(2)17-13-8-11(20)6-7-14(13)19-18(9)17/h3-4,6-8,19-20H,5H2,1-2H3. The molecule has 0 saturated carbocycles. The van der Waals surface area contributed by atoms with Crippen LogP contribution >= 0.6 is 0 Å². The highest BCUT2D eigenvalue weighted by molar-refractivity contribution is 6.16. The highest BCUT2D eigenvalue weighted by Crippen LogP contribution is 2.38. The first-order valence-electron chi connectivity index (χ1n) is 7.05. The Kier molecular flexibility index (Phi) is 2.31. The molecule has 104 valence electrons. The Balaban J connectivity index is 2.28. The number of carbonyl (C=O) groups is 1. The maximum Gasteiger partial charge on any atom is 0.167 e. The van der Waals surface area contributed by atoms with Gasteiger partial charge in [0.25, 0.3) is 0 Å². The minimum atomic E-state index is 0.171. The van der Waals surface area contributed by atoms with Crippen LogP contribution in [-0.2, 0) is 0 Å². The topological polar surface area (TPSA) is 53.1 Å². The molecule has 1 aliphatic carbocycles. The van der Waals surface area contributed by atoms with Gasteiger partial charge in [-0.25, -0.2) is 0 Å². The van der Waals surface area contributed by atoms with Crippen LogP contribution in [0.2, 0.25) is 0 Å². The molecule has 0 bridgehead atoms. The third-order valence-electron chi connectivity index (χ3n) is 4.45. The summed E-state index contributed by atoms with van der Waals surface area (Å²) in [6, 6.07) is 5.31. The number of nitrogens with one attached hydrogen (secondary N) is 1. The highest BCUT2D eigenvalue weighted by atomic mass is 16.3. The van der Waals surface area contributed by atoms with Crippen LogP contribution in [0.4, 0.5) is 0 Å². The number of allylic oxidation sites excluding steroid dienone is 1. The summed E-state index contributed by atoms with van der Waals surface area (Å²) in [5, 5.41) is 11.8. The normalized spacial score (nSPS) is 14.1. The molecule has 21 heavy (non-hydrogen) atoms. The van der Waals surface area contributed by atoms with Gasteiger partial charge < -0.3 is 10.1 Å². The summed E-state index contributed by atoms with van der Waals surface area (Å²) < 4.78 is 0. The maximum absolute atomic E-state index is 12.3. The van der Waals surface area contributed by atoms with E-state index in [0.29, 0.717) is 6.42 Å². The zero-order valence-corrected chi connectivity index (χ0v) is 11.9. The molecule has 0 spiro atoms. The number of carbonyl (C=O) groups excluding carboxylic acids is 1.